The van der Waals surface area contributed by atoms with Crippen molar-refractivity contribution < 1.29 is 9.53 Å². The fourth-order valence-corrected chi connectivity index (χ4v) is 1.55. The third-order valence-electron chi connectivity index (χ3n) is 2.38. The van der Waals surface area contributed by atoms with Gasteiger partial charge < -0.3 is 10.1 Å². The molecule has 0 saturated heterocycles. The first-order chi connectivity index (χ1) is 8.70. The number of nitrogens with one attached hydrogen (secondary N) is 1. The van der Waals surface area contributed by atoms with Crippen molar-refractivity contribution in [2.45, 2.75) is 6.92 Å². The lowest BCUT2D eigenvalue weighted by atomic mass is 10.4. The van der Waals surface area contributed by atoms with Gasteiger partial charge in [-0.05, 0) is 19.1 Å². The molecule has 0 aromatic carbocycles. The largest absolute Gasteiger partial charge is 0.375 e. The van der Waals surface area contributed by atoms with Crippen molar-refractivity contribution in [1.82, 2.24) is 14.5 Å². The first-order valence-corrected chi connectivity index (χ1v) is 5.46. The summed E-state index contributed by atoms with van der Waals surface area (Å²) >= 11 is 0. The van der Waals surface area contributed by atoms with Crippen LogP contribution in [0.15, 0.2) is 30.7 Å². The van der Waals surface area contributed by atoms with E-state index in [2.05, 4.69) is 15.3 Å². The SMILES string of the molecule is COCC(=O)Nc1ccc(-n2ccnc2C)nc1. The Morgan fingerprint density at radius 2 is 2.28 bits per heavy atom. The quantitative estimate of drug-likeness (QED) is 0.879. The van der Waals surface area contributed by atoms with E-state index in [1.165, 1.54) is 7.11 Å². The van der Waals surface area contributed by atoms with E-state index in [9.17, 15) is 4.79 Å². The van der Waals surface area contributed by atoms with Crippen molar-refractivity contribution in [3.05, 3.63) is 36.5 Å². The number of aromatic nitrogens is 3. The summed E-state index contributed by atoms with van der Waals surface area (Å²) in [5.74, 6) is 1.42. The Morgan fingerprint density at radius 1 is 1.44 bits per heavy atom. The molecular formula is C12H14N4O2. The molecule has 6 nitrogen and oxygen atoms in total. The number of hydrogen-bond donors (Lipinski definition) is 1. The highest BCUT2D eigenvalue weighted by Crippen LogP contribution is 2.11. The van der Waals surface area contributed by atoms with E-state index in [0.29, 0.717) is 5.69 Å². The van der Waals surface area contributed by atoms with Gasteiger partial charge in [0.05, 0.1) is 11.9 Å². The molecule has 0 atom stereocenters. The van der Waals surface area contributed by atoms with E-state index >= 15 is 0 Å². The molecular weight excluding hydrogens is 232 g/mol. The van der Waals surface area contributed by atoms with Crippen LogP contribution in [0.3, 0.4) is 0 Å². The van der Waals surface area contributed by atoms with Crippen LogP contribution in [0.4, 0.5) is 5.69 Å². The Bertz CT molecular complexity index is 533. The molecule has 6 heteroatoms. The number of methoxy groups -OCH3 is 1. The van der Waals surface area contributed by atoms with Gasteiger partial charge in [0, 0.05) is 19.5 Å². The topological polar surface area (TPSA) is 69.0 Å². The van der Waals surface area contributed by atoms with Crippen molar-refractivity contribution in [2.24, 2.45) is 0 Å². The maximum atomic E-state index is 11.3. The highest BCUT2D eigenvalue weighted by atomic mass is 16.5. The molecule has 1 N–H and O–H groups in total. The minimum Gasteiger partial charge on any atom is -0.375 e. The lowest BCUT2D eigenvalue weighted by Crippen LogP contribution is -2.17. The summed E-state index contributed by atoms with van der Waals surface area (Å²) in [6, 6.07) is 3.60. The predicted octanol–water partition coefficient (Wildman–Crippen LogP) is 1.16. The zero-order valence-corrected chi connectivity index (χ0v) is 10.3. The average Bonchev–Trinajstić information content (AvgIpc) is 2.77. The van der Waals surface area contributed by atoms with Crippen molar-refractivity contribution in [3.8, 4) is 5.82 Å². The summed E-state index contributed by atoms with van der Waals surface area (Å²) in [5, 5.41) is 2.68. The number of hydrogen-bond acceptors (Lipinski definition) is 4. The fourth-order valence-electron chi connectivity index (χ4n) is 1.55. The normalized spacial score (nSPS) is 10.3. The average molecular weight is 246 g/mol. The minimum absolute atomic E-state index is 0.0301. The molecule has 0 spiro atoms. The highest BCUT2D eigenvalue weighted by molar-refractivity contribution is 5.91. The van der Waals surface area contributed by atoms with Gasteiger partial charge in [-0.25, -0.2) is 9.97 Å². The molecule has 0 bridgehead atoms. The standard InChI is InChI=1S/C12H14N4O2/c1-9-13-5-6-16(9)11-4-3-10(7-14-11)15-12(17)8-18-2/h3-7H,8H2,1-2H3,(H,15,17). The van der Waals surface area contributed by atoms with E-state index in [-0.39, 0.29) is 12.5 Å². The molecule has 0 radical (unpaired) electrons. The number of rotatable bonds is 4. The zero-order valence-electron chi connectivity index (χ0n) is 10.3. The number of nitrogens with zero attached hydrogens (tertiary/aromatic N) is 3. The number of pyridine rings is 1. The second-order valence-corrected chi connectivity index (χ2v) is 3.73. The van der Waals surface area contributed by atoms with E-state index in [4.69, 9.17) is 4.74 Å². The van der Waals surface area contributed by atoms with Gasteiger partial charge in [-0.3, -0.25) is 9.36 Å². The molecule has 0 unspecified atom stereocenters. The smallest absolute Gasteiger partial charge is 0.250 e. The van der Waals surface area contributed by atoms with Crippen LogP contribution in [0.1, 0.15) is 5.82 Å². The van der Waals surface area contributed by atoms with Crippen molar-refractivity contribution >= 4 is 11.6 Å². The number of anilines is 1. The van der Waals surface area contributed by atoms with Crippen LogP contribution in [-0.4, -0.2) is 34.2 Å². The Kier molecular flexibility index (Phi) is 3.69. The molecule has 0 aliphatic rings. The highest BCUT2D eigenvalue weighted by Gasteiger charge is 2.04. The number of imidazole rings is 1. The van der Waals surface area contributed by atoms with Crippen LogP contribution in [-0.2, 0) is 9.53 Å². The van der Waals surface area contributed by atoms with Gasteiger partial charge in [0.1, 0.15) is 18.2 Å². The molecule has 2 aromatic rings. The molecule has 1 amide bonds. The van der Waals surface area contributed by atoms with Crippen LogP contribution >= 0.6 is 0 Å². The van der Waals surface area contributed by atoms with Crippen LogP contribution in [0.5, 0.6) is 0 Å². The number of aryl methyl sites for hydroxylation is 1. The number of carbonyl (C=O) groups is 1. The van der Waals surface area contributed by atoms with E-state index < -0.39 is 0 Å². The molecule has 94 valence electrons. The van der Waals surface area contributed by atoms with Gasteiger partial charge in [0.2, 0.25) is 5.91 Å². The Balaban J connectivity index is 2.11. The van der Waals surface area contributed by atoms with Crippen molar-refractivity contribution in [3.63, 3.8) is 0 Å². The molecule has 2 aromatic heterocycles. The lowest BCUT2D eigenvalue weighted by Gasteiger charge is -2.06. The number of carbonyl (C=O) groups excluding carboxylic acids is 1. The van der Waals surface area contributed by atoms with Crippen molar-refractivity contribution in [1.29, 1.82) is 0 Å². The summed E-state index contributed by atoms with van der Waals surface area (Å²) in [6.45, 7) is 1.93. The van der Waals surface area contributed by atoms with E-state index in [1.54, 1.807) is 18.5 Å². The second kappa shape index (κ2) is 5.42. The van der Waals surface area contributed by atoms with Gasteiger partial charge in [0.15, 0.2) is 0 Å². The third-order valence-corrected chi connectivity index (χ3v) is 2.38. The second-order valence-electron chi connectivity index (χ2n) is 3.73. The first kappa shape index (κ1) is 12.3. The van der Waals surface area contributed by atoms with Crippen LogP contribution in [0.25, 0.3) is 5.82 Å². The van der Waals surface area contributed by atoms with E-state index in [1.807, 2.05) is 23.8 Å². The monoisotopic (exact) mass is 246 g/mol. The zero-order chi connectivity index (χ0) is 13.0. The molecule has 0 saturated carbocycles. The number of amides is 1. The van der Waals surface area contributed by atoms with Crippen molar-refractivity contribution in [2.75, 3.05) is 19.0 Å². The molecule has 2 rings (SSSR count). The van der Waals surface area contributed by atoms with E-state index in [0.717, 1.165) is 11.6 Å². The first-order valence-electron chi connectivity index (χ1n) is 5.46. The lowest BCUT2D eigenvalue weighted by molar-refractivity contribution is -0.119. The van der Waals surface area contributed by atoms with Crippen LogP contribution < -0.4 is 5.32 Å². The van der Waals surface area contributed by atoms with Gasteiger partial charge in [-0.1, -0.05) is 0 Å². The molecule has 0 fully saturated rings. The summed E-state index contributed by atoms with van der Waals surface area (Å²) in [4.78, 5) is 19.7. The summed E-state index contributed by atoms with van der Waals surface area (Å²) < 4.78 is 6.59. The molecule has 2 heterocycles. The van der Waals surface area contributed by atoms with Crippen LogP contribution in [0, 0.1) is 6.92 Å². The molecule has 0 aliphatic heterocycles. The summed E-state index contributed by atoms with van der Waals surface area (Å²) in [5.41, 5.74) is 0.638. The van der Waals surface area contributed by atoms with Gasteiger partial charge in [-0.2, -0.15) is 0 Å². The Morgan fingerprint density at radius 3 is 2.83 bits per heavy atom. The summed E-state index contributed by atoms with van der Waals surface area (Å²) in [7, 11) is 1.47. The van der Waals surface area contributed by atoms with Gasteiger partial charge in [-0.15, -0.1) is 0 Å². The maximum Gasteiger partial charge on any atom is 0.250 e. The predicted molar refractivity (Wildman–Crippen MR) is 66.6 cm³/mol. The van der Waals surface area contributed by atoms with Gasteiger partial charge in [0.25, 0.3) is 0 Å². The van der Waals surface area contributed by atoms with Gasteiger partial charge >= 0.3 is 0 Å². The summed E-state index contributed by atoms with van der Waals surface area (Å²) in [6.07, 6.45) is 5.15. The maximum absolute atomic E-state index is 11.3. The Labute approximate surface area is 105 Å². The number of ether oxygens (including phenoxy) is 1. The third kappa shape index (κ3) is 2.72. The molecule has 0 aliphatic carbocycles. The van der Waals surface area contributed by atoms with Crippen LogP contribution in [0.2, 0.25) is 0 Å². The molecule has 18 heavy (non-hydrogen) atoms. The fraction of sp³-hybridized carbons (Fsp3) is 0.250. The Hall–Kier alpha value is -2.21. The minimum atomic E-state index is -0.203.